The molecule has 7 heteroatoms. The van der Waals surface area contributed by atoms with Crippen LogP contribution in [0, 0.1) is 0 Å². The van der Waals surface area contributed by atoms with Crippen molar-refractivity contribution < 1.29 is 9.21 Å². The van der Waals surface area contributed by atoms with Crippen molar-refractivity contribution in [2.45, 2.75) is 17.7 Å². The molecule has 1 aromatic carbocycles. The molecule has 0 saturated heterocycles. The average molecular weight is 340 g/mol. The van der Waals surface area contributed by atoms with Crippen molar-refractivity contribution >= 4 is 23.7 Å². The number of aromatic nitrogens is 3. The van der Waals surface area contributed by atoms with E-state index in [2.05, 4.69) is 32.6 Å². The van der Waals surface area contributed by atoms with Crippen LogP contribution in [0.2, 0.25) is 0 Å². The number of thioether (sulfide) groups is 1. The Kier molecular flexibility index (Phi) is 5.57. The molecular formula is C17H16N4O2S. The van der Waals surface area contributed by atoms with E-state index in [4.69, 9.17) is 4.42 Å². The Bertz CT molecular complexity index is 778. The first-order chi connectivity index (χ1) is 11.8. The van der Waals surface area contributed by atoms with Crippen molar-refractivity contribution in [3.8, 4) is 11.6 Å². The molecule has 24 heavy (non-hydrogen) atoms. The number of carbonyl (C=O) groups excluding carboxylic acids is 1. The number of rotatable bonds is 7. The lowest BCUT2D eigenvalue weighted by Crippen LogP contribution is -2.11. The normalized spacial score (nSPS) is 10.5. The van der Waals surface area contributed by atoms with Crippen molar-refractivity contribution in [3.63, 3.8) is 0 Å². The van der Waals surface area contributed by atoms with Crippen LogP contribution in [-0.2, 0) is 4.79 Å². The average Bonchev–Trinajstić information content (AvgIpc) is 3.09. The van der Waals surface area contributed by atoms with Crippen LogP contribution in [0.3, 0.4) is 0 Å². The maximum Gasteiger partial charge on any atom is 0.322 e. The van der Waals surface area contributed by atoms with Gasteiger partial charge in [0, 0.05) is 17.5 Å². The first kappa shape index (κ1) is 16.2. The van der Waals surface area contributed by atoms with Gasteiger partial charge in [-0.25, -0.2) is 0 Å². The Morgan fingerprint density at radius 2 is 1.92 bits per heavy atom. The number of hydrogen-bond acceptors (Lipinski definition) is 6. The fraction of sp³-hybridized carbons (Fsp3) is 0.176. The second-order valence-corrected chi connectivity index (χ2v) is 6.11. The minimum Gasteiger partial charge on any atom is -0.401 e. The molecule has 3 rings (SSSR count). The van der Waals surface area contributed by atoms with Crippen molar-refractivity contribution in [3.05, 3.63) is 54.7 Å². The fourth-order valence-corrected chi connectivity index (χ4v) is 2.86. The summed E-state index contributed by atoms with van der Waals surface area (Å²) in [4.78, 5) is 17.2. The molecule has 0 spiro atoms. The number of pyridine rings is 1. The van der Waals surface area contributed by atoms with Gasteiger partial charge in [-0.05, 0) is 36.4 Å². The van der Waals surface area contributed by atoms with E-state index in [9.17, 15) is 4.79 Å². The number of hydrogen-bond donors (Lipinski definition) is 1. The molecule has 0 aliphatic heterocycles. The first-order valence-corrected chi connectivity index (χ1v) is 8.52. The maximum absolute atomic E-state index is 11.9. The van der Waals surface area contributed by atoms with Crippen LogP contribution in [0.4, 0.5) is 6.01 Å². The van der Waals surface area contributed by atoms with Crippen molar-refractivity contribution in [1.29, 1.82) is 0 Å². The van der Waals surface area contributed by atoms with Gasteiger partial charge in [0.05, 0.1) is 0 Å². The molecule has 2 aromatic heterocycles. The zero-order chi connectivity index (χ0) is 16.6. The summed E-state index contributed by atoms with van der Waals surface area (Å²) in [6.45, 7) is 0. The van der Waals surface area contributed by atoms with E-state index in [0.717, 1.165) is 12.2 Å². The molecular weight excluding hydrogens is 324 g/mol. The number of nitrogens with zero attached hydrogens (tertiary/aromatic N) is 3. The molecule has 0 unspecified atom stereocenters. The molecule has 0 fully saturated rings. The van der Waals surface area contributed by atoms with Gasteiger partial charge in [0.25, 0.3) is 5.89 Å². The largest absolute Gasteiger partial charge is 0.401 e. The van der Waals surface area contributed by atoms with Gasteiger partial charge in [-0.15, -0.1) is 16.9 Å². The van der Waals surface area contributed by atoms with Crippen LogP contribution in [-0.4, -0.2) is 26.8 Å². The Morgan fingerprint density at radius 3 is 2.71 bits per heavy atom. The van der Waals surface area contributed by atoms with E-state index in [0.29, 0.717) is 12.1 Å². The summed E-state index contributed by atoms with van der Waals surface area (Å²) >= 11 is 1.73. The Balaban J connectivity index is 1.43. The number of nitrogens with one attached hydrogen (secondary N) is 1. The topological polar surface area (TPSA) is 80.9 Å². The van der Waals surface area contributed by atoms with Crippen molar-refractivity contribution in [2.24, 2.45) is 0 Å². The SMILES string of the molecule is O=C(CCCSc1ccccc1)Nc1nnc(-c2ccccn2)o1. The van der Waals surface area contributed by atoms with Crippen LogP contribution in [0.25, 0.3) is 11.6 Å². The lowest BCUT2D eigenvalue weighted by molar-refractivity contribution is -0.116. The maximum atomic E-state index is 11.9. The van der Waals surface area contributed by atoms with Crippen LogP contribution in [0.5, 0.6) is 0 Å². The first-order valence-electron chi connectivity index (χ1n) is 7.54. The summed E-state index contributed by atoms with van der Waals surface area (Å²) in [5, 5.41) is 10.3. The molecule has 3 aromatic rings. The van der Waals surface area contributed by atoms with Crippen molar-refractivity contribution in [2.75, 3.05) is 11.1 Å². The number of benzene rings is 1. The zero-order valence-corrected chi connectivity index (χ0v) is 13.7. The smallest absolute Gasteiger partial charge is 0.322 e. The summed E-state index contributed by atoms with van der Waals surface area (Å²) in [6.07, 6.45) is 2.82. The highest BCUT2D eigenvalue weighted by molar-refractivity contribution is 7.99. The summed E-state index contributed by atoms with van der Waals surface area (Å²) in [5.41, 5.74) is 0.574. The van der Waals surface area contributed by atoms with Gasteiger partial charge in [-0.1, -0.05) is 29.4 Å². The van der Waals surface area contributed by atoms with E-state index < -0.39 is 0 Å². The van der Waals surface area contributed by atoms with E-state index in [-0.39, 0.29) is 17.8 Å². The molecule has 0 aliphatic carbocycles. The highest BCUT2D eigenvalue weighted by atomic mass is 32.2. The third-order valence-electron chi connectivity index (χ3n) is 3.12. The molecule has 6 nitrogen and oxygen atoms in total. The standard InChI is InChI=1S/C17H16N4O2S/c22-15(10-6-12-24-13-7-2-1-3-8-13)19-17-21-20-16(23-17)14-9-4-5-11-18-14/h1-5,7-9,11H,6,10,12H2,(H,19,21,22). The predicted molar refractivity (Wildman–Crippen MR) is 92.6 cm³/mol. The third-order valence-corrected chi connectivity index (χ3v) is 4.21. The number of anilines is 1. The van der Waals surface area contributed by atoms with Gasteiger partial charge in [0.2, 0.25) is 5.91 Å². The van der Waals surface area contributed by atoms with E-state index in [1.807, 2.05) is 24.3 Å². The van der Waals surface area contributed by atoms with Gasteiger partial charge in [-0.2, -0.15) is 0 Å². The van der Waals surface area contributed by atoms with Gasteiger partial charge >= 0.3 is 6.01 Å². The van der Waals surface area contributed by atoms with Crippen LogP contribution < -0.4 is 5.32 Å². The fourth-order valence-electron chi connectivity index (χ4n) is 1.99. The van der Waals surface area contributed by atoms with Crippen LogP contribution in [0.15, 0.2) is 64.0 Å². The van der Waals surface area contributed by atoms with Gasteiger partial charge in [0.15, 0.2) is 0 Å². The highest BCUT2D eigenvalue weighted by Crippen LogP contribution is 2.19. The summed E-state index contributed by atoms with van der Waals surface area (Å²) in [7, 11) is 0. The van der Waals surface area contributed by atoms with E-state index >= 15 is 0 Å². The molecule has 0 saturated carbocycles. The van der Waals surface area contributed by atoms with Gasteiger partial charge in [0.1, 0.15) is 5.69 Å². The third kappa shape index (κ3) is 4.66. The Hall–Kier alpha value is -2.67. The van der Waals surface area contributed by atoms with Gasteiger partial charge in [-0.3, -0.25) is 15.1 Å². The van der Waals surface area contributed by atoms with Crippen LogP contribution >= 0.6 is 11.8 Å². The minimum absolute atomic E-state index is 0.0939. The lowest BCUT2D eigenvalue weighted by Gasteiger charge is -2.01. The highest BCUT2D eigenvalue weighted by Gasteiger charge is 2.11. The Morgan fingerprint density at radius 1 is 1.08 bits per heavy atom. The van der Waals surface area contributed by atoms with Crippen molar-refractivity contribution in [1.82, 2.24) is 15.2 Å². The van der Waals surface area contributed by atoms with E-state index in [1.54, 1.807) is 30.1 Å². The van der Waals surface area contributed by atoms with Crippen LogP contribution in [0.1, 0.15) is 12.8 Å². The summed E-state index contributed by atoms with van der Waals surface area (Å²) in [6, 6.07) is 15.6. The molecule has 0 aliphatic rings. The molecule has 1 N–H and O–H groups in total. The Labute approximate surface area is 143 Å². The molecule has 0 bridgehead atoms. The number of carbonyl (C=O) groups is 1. The van der Waals surface area contributed by atoms with Gasteiger partial charge < -0.3 is 4.42 Å². The molecule has 0 atom stereocenters. The second-order valence-electron chi connectivity index (χ2n) is 4.94. The monoisotopic (exact) mass is 340 g/mol. The predicted octanol–water partition coefficient (Wildman–Crippen LogP) is 3.64. The minimum atomic E-state index is -0.139. The van der Waals surface area contributed by atoms with E-state index in [1.165, 1.54) is 4.90 Å². The molecule has 1 amide bonds. The summed E-state index contributed by atoms with van der Waals surface area (Å²) in [5.74, 6) is 1.02. The molecule has 0 radical (unpaired) electrons. The zero-order valence-electron chi connectivity index (χ0n) is 12.9. The summed E-state index contributed by atoms with van der Waals surface area (Å²) < 4.78 is 5.39. The second kappa shape index (κ2) is 8.26. The number of amides is 1. The lowest BCUT2D eigenvalue weighted by atomic mass is 10.3. The molecule has 122 valence electrons. The molecule has 2 heterocycles. The quantitative estimate of drug-likeness (QED) is 0.522.